The van der Waals surface area contributed by atoms with Gasteiger partial charge < -0.3 is 19.7 Å². The molecule has 1 aliphatic heterocycles. The lowest BCUT2D eigenvalue weighted by molar-refractivity contribution is 0.0204. The fraction of sp³-hybridized carbons (Fsp3) is 0.407. The van der Waals surface area contributed by atoms with E-state index < -0.39 is 5.60 Å². The zero-order chi connectivity index (χ0) is 26.2. The molecule has 0 radical (unpaired) electrons. The van der Waals surface area contributed by atoms with Gasteiger partial charge in [0.15, 0.2) is 0 Å². The van der Waals surface area contributed by atoms with E-state index in [4.69, 9.17) is 9.84 Å². The third-order valence-corrected chi connectivity index (χ3v) is 6.57. The molecule has 9 nitrogen and oxygen atoms in total. The van der Waals surface area contributed by atoms with E-state index in [1.807, 2.05) is 20.8 Å². The lowest BCUT2D eigenvalue weighted by Crippen LogP contribution is -2.41. The van der Waals surface area contributed by atoms with Gasteiger partial charge in [0.25, 0.3) is 0 Å². The summed E-state index contributed by atoms with van der Waals surface area (Å²) in [7, 11) is 0. The van der Waals surface area contributed by atoms with Gasteiger partial charge in [0, 0.05) is 30.8 Å². The maximum atomic E-state index is 13.4. The monoisotopic (exact) mass is 506 g/mol. The molecule has 1 aromatic carbocycles. The van der Waals surface area contributed by atoms with Crippen LogP contribution in [-0.4, -0.2) is 59.5 Å². The number of carbonyl (C=O) groups is 1. The summed E-state index contributed by atoms with van der Waals surface area (Å²) in [6.07, 6.45) is 5.57. The van der Waals surface area contributed by atoms with Crippen LogP contribution >= 0.6 is 0 Å². The minimum atomic E-state index is -0.547. The number of ether oxygens (including phenoxy) is 1. The van der Waals surface area contributed by atoms with Gasteiger partial charge in [-0.1, -0.05) is 12.1 Å². The lowest BCUT2D eigenvalue weighted by atomic mass is 9.90. The van der Waals surface area contributed by atoms with Crippen LogP contribution in [0.3, 0.4) is 0 Å². The molecule has 10 heteroatoms. The van der Waals surface area contributed by atoms with Crippen molar-refractivity contribution in [2.24, 2.45) is 0 Å². The Balaban J connectivity index is 1.42. The molecule has 194 valence electrons. The van der Waals surface area contributed by atoms with Gasteiger partial charge in [-0.3, -0.25) is 4.98 Å². The van der Waals surface area contributed by atoms with Gasteiger partial charge in [-0.2, -0.15) is 9.78 Å². The van der Waals surface area contributed by atoms with Crippen LogP contribution in [0.25, 0.3) is 17.0 Å². The van der Waals surface area contributed by atoms with Gasteiger partial charge >= 0.3 is 6.09 Å². The molecule has 1 aliphatic rings. The molecule has 4 heterocycles. The van der Waals surface area contributed by atoms with Crippen molar-refractivity contribution in [3.8, 4) is 11.8 Å². The Morgan fingerprint density at radius 2 is 1.89 bits per heavy atom. The van der Waals surface area contributed by atoms with Crippen molar-refractivity contribution in [3.05, 3.63) is 65.4 Å². The number of piperidine rings is 1. The molecule has 4 aromatic rings. The number of imidazole rings is 1. The Morgan fingerprint density at radius 1 is 1.16 bits per heavy atom. The van der Waals surface area contributed by atoms with E-state index in [0.717, 1.165) is 27.9 Å². The predicted molar refractivity (Wildman–Crippen MR) is 136 cm³/mol. The van der Waals surface area contributed by atoms with E-state index >= 15 is 0 Å². The molecule has 0 bridgehead atoms. The molecule has 2 N–H and O–H groups in total. The molecule has 0 atom stereocenters. The topological polar surface area (TPSA) is 109 Å². The van der Waals surface area contributed by atoms with Crippen LogP contribution in [0.5, 0.6) is 5.88 Å². The number of hydrogen-bond acceptors (Lipinski definition) is 6. The molecule has 0 spiro atoms. The number of pyridine rings is 1. The number of H-pyrrole nitrogens is 1. The number of nitrogens with zero attached hydrogens (tertiary/aromatic N) is 5. The zero-order valence-electron chi connectivity index (χ0n) is 21.2. The number of nitrogens with one attached hydrogen (secondary N) is 1. The second kappa shape index (κ2) is 9.84. The number of aromatic nitrogens is 5. The normalized spacial score (nSPS) is 14.9. The second-order valence-electron chi connectivity index (χ2n) is 10.4. The van der Waals surface area contributed by atoms with E-state index in [9.17, 15) is 14.3 Å². The Labute approximate surface area is 214 Å². The van der Waals surface area contributed by atoms with Crippen LogP contribution in [0, 0.1) is 5.82 Å². The number of halogens is 1. The van der Waals surface area contributed by atoms with Gasteiger partial charge in [0.05, 0.1) is 22.9 Å². The zero-order valence-corrected chi connectivity index (χ0v) is 21.2. The molecule has 5 rings (SSSR count). The summed E-state index contributed by atoms with van der Waals surface area (Å²) < 4.78 is 20.3. The van der Waals surface area contributed by atoms with Crippen molar-refractivity contribution in [2.45, 2.75) is 58.0 Å². The van der Waals surface area contributed by atoms with E-state index in [1.54, 1.807) is 35.5 Å². The summed E-state index contributed by atoms with van der Waals surface area (Å²) in [4.78, 5) is 26.1. The average molecular weight is 507 g/mol. The highest BCUT2D eigenvalue weighted by atomic mass is 19.1. The van der Waals surface area contributed by atoms with Crippen LogP contribution in [0.15, 0.2) is 42.7 Å². The molecule has 0 saturated carbocycles. The van der Waals surface area contributed by atoms with Crippen molar-refractivity contribution in [3.63, 3.8) is 0 Å². The number of aryl methyl sites for hydroxylation is 1. The number of aromatic amines is 1. The van der Waals surface area contributed by atoms with Gasteiger partial charge in [-0.05, 0) is 70.2 Å². The number of benzene rings is 1. The molecule has 3 aromatic heterocycles. The summed E-state index contributed by atoms with van der Waals surface area (Å²) in [5.41, 5.74) is 3.41. The summed E-state index contributed by atoms with van der Waals surface area (Å²) in [5.74, 6) is 0.205. The van der Waals surface area contributed by atoms with Crippen molar-refractivity contribution in [1.82, 2.24) is 29.6 Å². The highest BCUT2D eigenvalue weighted by molar-refractivity contribution is 5.74. The van der Waals surface area contributed by atoms with Gasteiger partial charge in [-0.15, -0.1) is 0 Å². The first kappa shape index (κ1) is 24.7. The number of fused-ring (bicyclic) bond motifs is 1. The third kappa shape index (κ3) is 5.42. The van der Waals surface area contributed by atoms with Crippen molar-refractivity contribution < 1.29 is 19.0 Å². The Hall–Kier alpha value is -3.95. The smallest absolute Gasteiger partial charge is 0.410 e. The van der Waals surface area contributed by atoms with E-state index in [1.165, 1.54) is 16.8 Å². The molecular weight excluding hydrogens is 475 g/mol. The standard InChI is InChI=1S/C27H31FN6O3/c1-27(2,3)37-26(36)33-14-11-18(12-15-33)23-20(9-6-17-4-7-19(28)8-5-17)24(35)34(32-23)25-30-21-10-13-29-16-22(21)31-25/h4-5,7-8,10,13,16,18,35H,6,9,11-12,14-15H2,1-3H3,(H,30,31). The first-order chi connectivity index (χ1) is 17.7. The Kier molecular flexibility index (Phi) is 6.57. The van der Waals surface area contributed by atoms with Crippen molar-refractivity contribution in [2.75, 3.05) is 13.1 Å². The van der Waals surface area contributed by atoms with Gasteiger partial charge in [0.2, 0.25) is 11.8 Å². The van der Waals surface area contributed by atoms with Crippen LogP contribution in [0.1, 0.15) is 56.4 Å². The molecule has 1 amide bonds. The summed E-state index contributed by atoms with van der Waals surface area (Å²) in [6, 6.07) is 8.17. The molecule has 0 unspecified atom stereocenters. The first-order valence-electron chi connectivity index (χ1n) is 12.5. The lowest BCUT2D eigenvalue weighted by Gasteiger charge is -2.33. The van der Waals surface area contributed by atoms with Crippen LogP contribution < -0.4 is 0 Å². The summed E-state index contributed by atoms with van der Waals surface area (Å²) in [5, 5.41) is 16.1. The predicted octanol–water partition coefficient (Wildman–Crippen LogP) is 4.89. The SMILES string of the molecule is CC(C)(C)OC(=O)N1CCC(c2nn(-c3nc4ccncc4[nH]3)c(O)c2CCc2ccc(F)cc2)CC1. The minimum Gasteiger partial charge on any atom is -0.493 e. The van der Waals surface area contributed by atoms with E-state index in [0.29, 0.717) is 44.7 Å². The highest BCUT2D eigenvalue weighted by Crippen LogP contribution is 2.36. The Bertz CT molecular complexity index is 1370. The molecule has 37 heavy (non-hydrogen) atoms. The molecular formula is C27H31FN6O3. The molecule has 1 fully saturated rings. The number of amides is 1. The highest BCUT2D eigenvalue weighted by Gasteiger charge is 2.32. The quantitative estimate of drug-likeness (QED) is 0.399. The third-order valence-electron chi connectivity index (χ3n) is 6.57. The summed E-state index contributed by atoms with van der Waals surface area (Å²) >= 11 is 0. The van der Waals surface area contributed by atoms with Crippen LogP contribution in [0.2, 0.25) is 0 Å². The number of likely N-dealkylation sites (tertiary alicyclic amines) is 1. The van der Waals surface area contributed by atoms with Crippen molar-refractivity contribution >= 4 is 17.1 Å². The number of aromatic hydroxyl groups is 1. The number of hydrogen-bond donors (Lipinski definition) is 2. The first-order valence-corrected chi connectivity index (χ1v) is 12.5. The number of rotatable bonds is 5. The van der Waals surface area contributed by atoms with E-state index in [-0.39, 0.29) is 23.7 Å². The van der Waals surface area contributed by atoms with E-state index in [2.05, 4.69) is 15.0 Å². The van der Waals surface area contributed by atoms with Gasteiger partial charge in [0.1, 0.15) is 11.4 Å². The minimum absolute atomic E-state index is 0.0266. The Morgan fingerprint density at radius 3 is 2.57 bits per heavy atom. The average Bonchev–Trinajstić information content (AvgIpc) is 3.43. The van der Waals surface area contributed by atoms with Crippen LogP contribution in [0.4, 0.5) is 9.18 Å². The van der Waals surface area contributed by atoms with Crippen LogP contribution in [-0.2, 0) is 17.6 Å². The largest absolute Gasteiger partial charge is 0.493 e. The fourth-order valence-electron chi connectivity index (χ4n) is 4.70. The molecule has 0 aliphatic carbocycles. The summed E-state index contributed by atoms with van der Waals surface area (Å²) in [6.45, 7) is 6.65. The van der Waals surface area contributed by atoms with Gasteiger partial charge in [-0.25, -0.2) is 14.2 Å². The molecule has 1 saturated heterocycles. The maximum absolute atomic E-state index is 13.4. The maximum Gasteiger partial charge on any atom is 0.410 e. The fourth-order valence-corrected chi connectivity index (χ4v) is 4.70. The van der Waals surface area contributed by atoms with Crippen molar-refractivity contribution in [1.29, 1.82) is 0 Å². The second-order valence-corrected chi connectivity index (χ2v) is 10.4. The number of carbonyl (C=O) groups excluding carboxylic acids is 1.